The van der Waals surface area contributed by atoms with Crippen molar-refractivity contribution in [2.24, 2.45) is 0 Å². The van der Waals surface area contributed by atoms with E-state index in [0.717, 1.165) is 16.3 Å². The van der Waals surface area contributed by atoms with E-state index in [-0.39, 0.29) is 17.6 Å². The van der Waals surface area contributed by atoms with Crippen molar-refractivity contribution in [2.75, 3.05) is 11.6 Å². The Bertz CT molecular complexity index is 986. The number of thiazole rings is 1. The average molecular weight is 417 g/mol. The molecule has 0 aliphatic heterocycles. The number of thioether (sulfide) groups is 1. The van der Waals surface area contributed by atoms with Crippen LogP contribution < -0.4 is 5.32 Å². The van der Waals surface area contributed by atoms with Crippen molar-refractivity contribution in [1.29, 1.82) is 0 Å². The van der Waals surface area contributed by atoms with Crippen molar-refractivity contribution < 1.29 is 9.18 Å². The van der Waals surface area contributed by atoms with Gasteiger partial charge in [-0.2, -0.15) is 0 Å². The highest BCUT2D eigenvalue weighted by Crippen LogP contribution is 2.26. The second kappa shape index (κ2) is 8.79. The first-order chi connectivity index (χ1) is 13.4. The summed E-state index contributed by atoms with van der Waals surface area (Å²) >= 11 is 2.83. The molecule has 5 nitrogen and oxygen atoms in total. The number of carbonyl (C=O) groups is 1. The van der Waals surface area contributed by atoms with Gasteiger partial charge in [0.2, 0.25) is 0 Å². The Hall–Kier alpha value is -2.32. The van der Waals surface area contributed by atoms with Gasteiger partial charge in [-0.1, -0.05) is 26.0 Å². The van der Waals surface area contributed by atoms with Gasteiger partial charge in [0.25, 0.3) is 5.91 Å². The zero-order chi connectivity index (χ0) is 20.3. The quantitative estimate of drug-likeness (QED) is 0.449. The maximum atomic E-state index is 13.0. The van der Waals surface area contributed by atoms with Crippen LogP contribution >= 0.6 is 23.1 Å². The molecule has 3 aromatic rings. The SMILES string of the molecule is CSc1nc(C(C)C)nc(C)c1C(=O)Nc1ncc(Cc2ccc(F)cc2)s1. The first-order valence-corrected chi connectivity index (χ1v) is 10.8. The van der Waals surface area contributed by atoms with Crippen molar-refractivity contribution in [3.8, 4) is 0 Å². The summed E-state index contributed by atoms with van der Waals surface area (Å²) in [6.07, 6.45) is 4.26. The zero-order valence-electron chi connectivity index (χ0n) is 16.1. The first kappa shape index (κ1) is 20.4. The molecule has 0 radical (unpaired) electrons. The van der Waals surface area contributed by atoms with Gasteiger partial charge in [-0.3, -0.25) is 10.1 Å². The van der Waals surface area contributed by atoms with Crippen LogP contribution in [-0.4, -0.2) is 27.1 Å². The van der Waals surface area contributed by atoms with Crippen LogP contribution in [0.25, 0.3) is 0 Å². The van der Waals surface area contributed by atoms with Gasteiger partial charge >= 0.3 is 0 Å². The lowest BCUT2D eigenvalue weighted by Crippen LogP contribution is -2.17. The standard InChI is InChI=1S/C20H21FN4OS2/c1-11(2)17-23-12(3)16(19(24-17)27-4)18(26)25-20-22-10-15(28-20)9-13-5-7-14(21)8-6-13/h5-8,10-11H,9H2,1-4H3,(H,22,25,26). The van der Waals surface area contributed by atoms with Crippen LogP contribution in [0.15, 0.2) is 35.5 Å². The average Bonchev–Trinajstić information content (AvgIpc) is 3.09. The van der Waals surface area contributed by atoms with Crippen molar-refractivity contribution in [3.05, 3.63) is 63.8 Å². The molecule has 1 N–H and O–H groups in total. The van der Waals surface area contributed by atoms with E-state index < -0.39 is 0 Å². The first-order valence-electron chi connectivity index (χ1n) is 8.80. The van der Waals surface area contributed by atoms with Crippen LogP contribution in [0.5, 0.6) is 0 Å². The minimum Gasteiger partial charge on any atom is -0.298 e. The third-order valence-electron chi connectivity index (χ3n) is 4.08. The number of anilines is 1. The Kier molecular flexibility index (Phi) is 6.41. The van der Waals surface area contributed by atoms with E-state index in [1.54, 1.807) is 18.3 Å². The summed E-state index contributed by atoms with van der Waals surface area (Å²) in [7, 11) is 0. The molecule has 0 saturated carbocycles. The fourth-order valence-electron chi connectivity index (χ4n) is 2.64. The van der Waals surface area contributed by atoms with Gasteiger partial charge in [0.15, 0.2) is 5.13 Å². The third-order valence-corrected chi connectivity index (χ3v) is 5.67. The smallest absolute Gasteiger partial charge is 0.262 e. The molecule has 0 unspecified atom stereocenters. The van der Waals surface area contributed by atoms with Crippen LogP contribution in [0.3, 0.4) is 0 Å². The summed E-state index contributed by atoms with van der Waals surface area (Å²) in [5.74, 6) is 0.399. The maximum Gasteiger partial charge on any atom is 0.262 e. The summed E-state index contributed by atoms with van der Waals surface area (Å²) in [6.45, 7) is 5.87. The van der Waals surface area contributed by atoms with E-state index in [9.17, 15) is 9.18 Å². The Balaban J connectivity index is 1.76. The van der Waals surface area contributed by atoms with E-state index in [2.05, 4.69) is 20.3 Å². The van der Waals surface area contributed by atoms with Crippen molar-refractivity contribution in [1.82, 2.24) is 15.0 Å². The number of benzene rings is 1. The molecule has 3 rings (SSSR count). The molecule has 146 valence electrons. The molecule has 0 fully saturated rings. The second-order valence-electron chi connectivity index (χ2n) is 6.60. The molecule has 28 heavy (non-hydrogen) atoms. The summed E-state index contributed by atoms with van der Waals surface area (Å²) < 4.78 is 13.0. The van der Waals surface area contributed by atoms with E-state index in [4.69, 9.17) is 0 Å². The number of amides is 1. The normalized spacial score (nSPS) is 11.1. The summed E-state index contributed by atoms with van der Waals surface area (Å²) in [5, 5.41) is 4.03. The van der Waals surface area contributed by atoms with Gasteiger partial charge in [0, 0.05) is 23.4 Å². The molecule has 8 heteroatoms. The highest BCUT2D eigenvalue weighted by atomic mass is 32.2. The van der Waals surface area contributed by atoms with Gasteiger partial charge in [0.1, 0.15) is 16.7 Å². The molecule has 0 aliphatic carbocycles. The molecule has 1 amide bonds. The predicted molar refractivity (Wildman–Crippen MR) is 112 cm³/mol. The number of halogens is 1. The number of nitrogens with one attached hydrogen (secondary N) is 1. The van der Waals surface area contributed by atoms with Crippen LogP contribution in [-0.2, 0) is 6.42 Å². The second-order valence-corrected chi connectivity index (χ2v) is 8.51. The largest absolute Gasteiger partial charge is 0.298 e. The van der Waals surface area contributed by atoms with Gasteiger partial charge in [-0.15, -0.1) is 23.1 Å². The molecule has 0 atom stereocenters. The Labute approximate surface area is 171 Å². The monoisotopic (exact) mass is 416 g/mol. The summed E-state index contributed by atoms with van der Waals surface area (Å²) in [6, 6.07) is 6.36. The number of carbonyl (C=O) groups excluding carboxylic acids is 1. The van der Waals surface area contributed by atoms with E-state index in [1.165, 1.54) is 35.2 Å². The number of rotatable bonds is 6. The number of hydrogen-bond donors (Lipinski definition) is 1. The topological polar surface area (TPSA) is 67.8 Å². The fraction of sp³-hybridized carbons (Fsp3) is 0.300. The lowest BCUT2D eigenvalue weighted by Gasteiger charge is -2.12. The minimum atomic E-state index is -0.264. The van der Waals surface area contributed by atoms with Crippen molar-refractivity contribution >= 4 is 34.1 Å². The Morgan fingerprint density at radius 3 is 2.61 bits per heavy atom. The fourth-order valence-corrected chi connectivity index (χ4v) is 4.12. The van der Waals surface area contributed by atoms with Crippen LogP contribution in [0, 0.1) is 12.7 Å². The lowest BCUT2D eigenvalue weighted by molar-refractivity contribution is 0.102. The van der Waals surface area contributed by atoms with Gasteiger partial charge in [-0.25, -0.2) is 19.3 Å². The van der Waals surface area contributed by atoms with E-state index in [1.807, 2.05) is 27.0 Å². The lowest BCUT2D eigenvalue weighted by atomic mass is 10.1. The van der Waals surface area contributed by atoms with Crippen molar-refractivity contribution in [2.45, 2.75) is 38.1 Å². The van der Waals surface area contributed by atoms with Gasteiger partial charge in [0.05, 0.1) is 11.3 Å². The Morgan fingerprint density at radius 2 is 1.96 bits per heavy atom. The number of nitrogens with zero attached hydrogens (tertiary/aromatic N) is 3. The molecule has 2 aromatic heterocycles. The predicted octanol–water partition coefficient (Wildman–Crippen LogP) is 5.07. The van der Waals surface area contributed by atoms with E-state index in [0.29, 0.717) is 27.8 Å². The molecule has 0 spiro atoms. The number of aromatic nitrogens is 3. The van der Waals surface area contributed by atoms with E-state index >= 15 is 0 Å². The number of hydrogen-bond acceptors (Lipinski definition) is 6. The van der Waals surface area contributed by atoms with Gasteiger partial charge in [-0.05, 0) is 30.9 Å². The number of aryl methyl sites for hydroxylation is 1. The summed E-state index contributed by atoms with van der Waals surface area (Å²) in [4.78, 5) is 27.1. The molecular weight excluding hydrogens is 395 g/mol. The Morgan fingerprint density at radius 1 is 1.25 bits per heavy atom. The highest BCUT2D eigenvalue weighted by Gasteiger charge is 2.20. The molecular formula is C20H21FN4OS2. The van der Waals surface area contributed by atoms with Crippen LogP contribution in [0.2, 0.25) is 0 Å². The summed E-state index contributed by atoms with van der Waals surface area (Å²) in [5.41, 5.74) is 2.12. The van der Waals surface area contributed by atoms with Crippen LogP contribution in [0.4, 0.5) is 9.52 Å². The third kappa shape index (κ3) is 4.74. The molecule has 1 aromatic carbocycles. The van der Waals surface area contributed by atoms with Gasteiger partial charge < -0.3 is 0 Å². The minimum absolute atomic E-state index is 0.190. The molecule has 2 heterocycles. The molecule has 0 aliphatic rings. The van der Waals surface area contributed by atoms with Crippen molar-refractivity contribution in [3.63, 3.8) is 0 Å². The maximum absolute atomic E-state index is 13.0. The zero-order valence-corrected chi connectivity index (χ0v) is 17.7. The highest BCUT2D eigenvalue weighted by molar-refractivity contribution is 7.98. The van der Waals surface area contributed by atoms with Crippen LogP contribution in [0.1, 0.15) is 52.1 Å². The molecule has 0 saturated heterocycles. The molecule has 0 bridgehead atoms.